The minimum absolute atomic E-state index is 0.0788. The first-order valence-corrected chi connectivity index (χ1v) is 8.98. The van der Waals surface area contributed by atoms with Crippen molar-refractivity contribution in [3.63, 3.8) is 0 Å². The summed E-state index contributed by atoms with van der Waals surface area (Å²) in [4.78, 5) is 28.7. The van der Waals surface area contributed by atoms with E-state index in [1.165, 1.54) is 11.8 Å². The third-order valence-corrected chi connectivity index (χ3v) is 4.87. The van der Waals surface area contributed by atoms with E-state index < -0.39 is 5.25 Å². The maximum absolute atomic E-state index is 12.2. The predicted octanol–water partition coefficient (Wildman–Crippen LogP) is 3.25. The summed E-state index contributed by atoms with van der Waals surface area (Å²) < 4.78 is 5.08. The number of ether oxygens (including phenoxy) is 1. The summed E-state index contributed by atoms with van der Waals surface area (Å²) in [6, 6.07) is 14.7. The predicted molar refractivity (Wildman–Crippen MR) is 104 cm³/mol. The van der Waals surface area contributed by atoms with E-state index in [0.29, 0.717) is 16.6 Å². The van der Waals surface area contributed by atoms with Gasteiger partial charge in [0, 0.05) is 12.1 Å². The van der Waals surface area contributed by atoms with Crippen LogP contribution >= 0.6 is 11.8 Å². The molecule has 0 saturated carbocycles. The van der Waals surface area contributed by atoms with Crippen molar-refractivity contribution in [1.29, 1.82) is 0 Å². The second kappa shape index (κ2) is 8.05. The summed E-state index contributed by atoms with van der Waals surface area (Å²) in [6.07, 6.45) is 0.0788. The molecule has 7 heteroatoms. The van der Waals surface area contributed by atoms with Gasteiger partial charge in [-0.05, 0) is 43.3 Å². The molecular formula is C19H19N3O3S. The van der Waals surface area contributed by atoms with Gasteiger partial charge in [-0.2, -0.15) is 0 Å². The average molecular weight is 369 g/mol. The number of amides is 2. The van der Waals surface area contributed by atoms with E-state index in [9.17, 15) is 9.59 Å². The monoisotopic (exact) mass is 369 g/mol. The third-order valence-electron chi connectivity index (χ3n) is 3.79. The molecule has 1 unspecified atom stereocenters. The van der Waals surface area contributed by atoms with Crippen LogP contribution in [-0.2, 0) is 9.59 Å². The Kier molecular flexibility index (Phi) is 5.58. The van der Waals surface area contributed by atoms with E-state index >= 15 is 0 Å². The smallest absolute Gasteiger partial charge is 0.240 e. The maximum Gasteiger partial charge on any atom is 0.240 e. The number of nitrogens with zero attached hydrogens (tertiary/aromatic N) is 1. The number of nitrogens with one attached hydrogen (secondary N) is 2. The Labute approximate surface area is 156 Å². The van der Waals surface area contributed by atoms with Crippen molar-refractivity contribution in [2.75, 3.05) is 12.4 Å². The van der Waals surface area contributed by atoms with Crippen LogP contribution in [0.4, 0.5) is 11.4 Å². The number of carbonyl (C=O) groups excluding carboxylic acids is 2. The van der Waals surface area contributed by atoms with Gasteiger partial charge in [-0.25, -0.2) is 4.99 Å². The second-order valence-corrected chi connectivity index (χ2v) is 7.02. The zero-order chi connectivity index (χ0) is 18.5. The molecule has 1 heterocycles. The Bertz CT molecular complexity index is 832. The van der Waals surface area contributed by atoms with E-state index in [2.05, 4.69) is 15.6 Å². The van der Waals surface area contributed by atoms with E-state index in [1.807, 2.05) is 31.2 Å². The maximum atomic E-state index is 12.2. The fourth-order valence-electron chi connectivity index (χ4n) is 2.38. The van der Waals surface area contributed by atoms with E-state index in [0.717, 1.165) is 11.3 Å². The van der Waals surface area contributed by atoms with Crippen LogP contribution < -0.4 is 15.4 Å². The molecule has 6 nitrogen and oxygen atoms in total. The molecule has 26 heavy (non-hydrogen) atoms. The lowest BCUT2D eigenvalue weighted by Crippen LogP contribution is -2.28. The number of hydrogen-bond donors (Lipinski definition) is 2. The minimum atomic E-state index is -0.488. The molecule has 0 spiro atoms. The molecule has 0 bridgehead atoms. The standard InChI is InChI=1S/C19H19N3O3S/c1-12-3-5-14(6-4-12)21-19-22-18(24)16(26-19)11-17(23)20-13-7-9-15(25-2)10-8-13/h3-10,16H,11H2,1-2H3,(H,20,23)(H,21,22,24). The number of thioether (sulfide) groups is 1. The molecule has 0 radical (unpaired) electrons. The fourth-order valence-corrected chi connectivity index (χ4v) is 3.37. The van der Waals surface area contributed by atoms with Gasteiger partial charge in [-0.15, -0.1) is 0 Å². The highest BCUT2D eigenvalue weighted by Gasteiger charge is 2.32. The van der Waals surface area contributed by atoms with Crippen LogP contribution in [0, 0.1) is 6.92 Å². The van der Waals surface area contributed by atoms with Crippen molar-refractivity contribution in [2.45, 2.75) is 18.6 Å². The first-order chi connectivity index (χ1) is 12.5. The highest BCUT2D eigenvalue weighted by molar-refractivity contribution is 8.15. The van der Waals surface area contributed by atoms with Crippen LogP contribution in [0.25, 0.3) is 0 Å². The van der Waals surface area contributed by atoms with Crippen molar-refractivity contribution in [3.8, 4) is 5.75 Å². The highest BCUT2D eigenvalue weighted by atomic mass is 32.2. The van der Waals surface area contributed by atoms with Gasteiger partial charge in [0.25, 0.3) is 0 Å². The summed E-state index contributed by atoms with van der Waals surface area (Å²) in [6.45, 7) is 2.00. The number of rotatable bonds is 5. The molecular weight excluding hydrogens is 350 g/mol. The molecule has 1 aliphatic rings. The first-order valence-electron chi connectivity index (χ1n) is 8.10. The Morgan fingerprint density at radius 1 is 1.19 bits per heavy atom. The van der Waals surface area contributed by atoms with Gasteiger partial charge in [0.05, 0.1) is 12.8 Å². The van der Waals surface area contributed by atoms with Crippen LogP contribution in [0.15, 0.2) is 53.5 Å². The molecule has 1 aliphatic heterocycles. The molecule has 2 aromatic rings. The van der Waals surface area contributed by atoms with Gasteiger partial charge in [0.1, 0.15) is 11.0 Å². The zero-order valence-electron chi connectivity index (χ0n) is 14.5. The van der Waals surface area contributed by atoms with Gasteiger partial charge >= 0.3 is 0 Å². The van der Waals surface area contributed by atoms with Crippen molar-refractivity contribution >= 4 is 40.1 Å². The molecule has 3 rings (SSSR count). The number of aliphatic imine (C=N–C) groups is 1. The Morgan fingerprint density at radius 3 is 2.54 bits per heavy atom. The molecule has 1 atom stereocenters. The molecule has 0 aliphatic carbocycles. The summed E-state index contributed by atoms with van der Waals surface area (Å²) in [5.74, 6) is 0.288. The van der Waals surface area contributed by atoms with E-state index in [1.54, 1.807) is 31.4 Å². The van der Waals surface area contributed by atoms with Crippen molar-refractivity contribution in [2.24, 2.45) is 4.99 Å². The quantitative estimate of drug-likeness (QED) is 0.848. The Balaban J connectivity index is 1.58. The Hall–Kier alpha value is -2.80. The number of benzene rings is 2. The molecule has 1 fully saturated rings. The lowest BCUT2D eigenvalue weighted by molar-refractivity contribution is -0.122. The first kappa shape index (κ1) is 18.0. The summed E-state index contributed by atoms with van der Waals surface area (Å²) in [7, 11) is 1.58. The zero-order valence-corrected chi connectivity index (χ0v) is 15.3. The normalized spacial score (nSPS) is 17.8. The van der Waals surface area contributed by atoms with E-state index in [-0.39, 0.29) is 18.2 Å². The molecule has 2 amide bonds. The average Bonchev–Trinajstić information content (AvgIpc) is 2.96. The molecule has 1 saturated heterocycles. The van der Waals surface area contributed by atoms with Crippen LogP contribution in [0.2, 0.25) is 0 Å². The number of methoxy groups -OCH3 is 1. The summed E-state index contributed by atoms with van der Waals surface area (Å²) in [5.41, 5.74) is 2.57. The largest absolute Gasteiger partial charge is 0.497 e. The molecule has 134 valence electrons. The van der Waals surface area contributed by atoms with Gasteiger partial charge < -0.3 is 15.4 Å². The number of amidine groups is 1. The minimum Gasteiger partial charge on any atom is -0.497 e. The number of carbonyl (C=O) groups is 2. The number of anilines is 1. The lowest BCUT2D eigenvalue weighted by Gasteiger charge is -2.08. The summed E-state index contributed by atoms with van der Waals surface area (Å²) >= 11 is 1.27. The summed E-state index contributed by atoms with van der Waals surface area (Å²) in [5, 5.41) is 5.54. The molecule has 0 aromatic heterocycles. The van der Waals surface area contributed by atoms with Crippen molar-refractivity contribution < 1.29 is 14.3 Å². The topological polar surface area (TPSA) is 79.8 Å². The number of aryl methyl sites for hydroxylation is 1. The molecule has 2 aromatic carbocycles. The van der Waals surface area contributed by atoms with Gasteiger partial charge in [-0.1, -0.05) is 29.5 Å². The van der Waals surface area contributed by atoms with Crippen molar-refractivity contribution in [1.82, 2.24) is 5.32 Å². The van der Waals surface area contributed by atoms with Gasteiger partial charge in [0.2, 0.25) is 11.8 Å². The fraction of sp³-hybridized carbons (Fsp3) is 0.211. The van der Waals surface area contributed by atoms with Crippen LogP contribution in [0.3, 0.4) is 0 Å². The van der Waals surface area contributed by atoms with Gasteiger partial charge in [-0.3, -0.25) is 9.59 Å². The second-order valence-electron chi connectivity index (χ2n) is 5.83. The lowest BCUT2D eigenvalue weighted by atomic mass is 10.2. The SMILES string of the molecule is COc1ccc(NC(=O)CC2SC(=Nc3ccc(C)cc3)NC2=O)cc1. The highest BCUT2D eigenvalue weighted by Crippen LogP contribution is 2.26. The van der Waals surface area contributed by atoms with Crippen LogP contribution in [0.1, 0.15) is 12.0 Å². The molecule has 2 N–H and O–H groups in total. The number of hydrogen-bond acceptors (Lipinski definition) is 5. The third kappa shape index (κ3) is 4.64. The van der Waals surface area contributed by atoms with Crippen LogP contribution in [0.5, 0.6) is 5.75 Å². The Morgan fingerprint density at radius 2 is 1.88 bits per heavy atom. The van der Waals surface area contributed by atoms with Gasteiger partial charge in [0.15, 0.2) is 5.17 Å². The van der Waals surface area contributed by atoms with Crippen LogP contribution in [-0.4, -0.2) is 29.3 Å². The van der Waals surface area contributed by atoms with Crippen molar-refractivity contribution in [3.05, 3.63) is 54.1 Å². The van der Waals surface area contributed by atoms with E-state index in [4.69, 9.17) is 4.74 Å².